The van der Waals surface area contributed by atoms with E-state index in [0.717, 1.165) is 0 Å². The van der Waals surface area contributed by atoms with Crippen LogP contribution in [-0.4, -0.2) is 11.0 Å². The van der Waals surface area contributed by atoms with Gasteiger partial charge in [-0.3, -0.25) is 0 Å². The molecular weight excluding hydrogens is 435 g/mol. The van der Waals surface area contributed by atoms with Gasteiger partial charge in [-0.1, -0.05) is 0 Å². The first kappa shape index (κ1) is 31.1. The van der Waals surface area contributed by atoms with Gasteiger partial charge >= 0.3 is 0 Å². The maximum Gasteiger partial charge on any atom is 0 e. The zero-order chi connectivity index (χ0) is 0. The second-order valence-corrected chi connectivity index (χ2v) is 0. The first-order chi connectivity index (χ1) is 0. The summed E-state index contributed by atoms with van der Waals surface area (Å²) >= 11 is 0. The molecule has 0 aromatic heterocycles. The van der Waals surface area contributed by atoms with E-state index >= 15 is 0 Å². The summed E-state index contributed by atoms with van der Waals surface area (Å²) in [5.41, 5.74) is 0. The van der Waals surface area contributed by atoms with Gasteiger partial charge in [-0.25, -0.2) is 0 Å². The first-order valence-corrected chi connectivity index (χ1v) is 0. The summed E-state index contributed by atoms with van der Waals surface area (Å²) in [6.45, 7) is 0. The summed E-state index contributed by atoms with van der Waals surface area (Å²) in [5, 5.41) is 0. The van der Waals surface area contributed by atoms with Gasteiger partial charge in [0.1, 0.15) is 0 Å². The molecule has 0 aromatic carbocycles. The van der Waals surface area contributed by atoms with Crippen LogP contribution in [0.25, 0.3) is 0 Å². The minimum absolute atomic E-state index is 0. The van der Waals surface area contributed by atoms with Crippen molar-refractivity contribution in [2.24, 2.45) is 0 Å². The van der Waals surface area contributed by atoms with Crippen molar-refractivity contribution in [3.05, 3.63) is 0 Å². The fourth-order valence-corrected chi connectivity index (χ4v) is 0. The topological polar surface area (TPSA) is 0 Å². The molecule has 4 heavy (non-hydrogen) atoms. The first-order valence-electron chi connectivity index (χ1n) is 0. The van der Waals surface area contributed by atoms with Gasteiger partial charge in [0.25, 0.3) is 0 Å². The van der Waals surface area contributed by atoms with Crippen LogP contribution in [0, 0.1) is 0 Å². The summed E-state index contributed by atoms with van der Waals surface area (Å²) in [6, 6.07) is 0. The molecule has 5 radical (unpaired) electrons. The van der Waals surface area contributed by atoms with E-state index in [0.29, 0.717) is 0 Å². The summed E-state index contributed by atoms with van der Waals surface area (Å²) in [5.74, 6) is 0. The fourth-order valence-electron chi connectivity index (χ4n) is 0. The quantitative estimate of drug-likeness (QED) is 0.455. The smallest absolute Gasteiger partial charge is 0 e. The molecule has 0 spiro atoms. The Labute approximate surface area is 79.7 Å². The third-order valence-electron chi connectivity index (χ3n) is 0. The van der Waals surface area contributed by atoms with E-state index in [1.54, 1.807) is 0 Å². The largest absolute Gasteiger partial charge is 0 e. The predicted molar refractivity (Wildman–Crippen MR) is 5.75 cm³/mol. The zero-order valence-corrected chi connectivity index (χ0v) is 11.3. The summed E-state index contributed by atoms with van der Waals surface area (Å²) in [4.78, 5) is 0. The Kier molecular flexibility index (Phi) is 138. The SMILES string of the molecule is [Hf].[Si].[Ta].[Ti]. The van der Waals surface area contributed by atoms with Crippen molar-refractivity contribution in [3.8, 4) is 0 Å². The van der Waals surface area contributed by atoms with Crippen LogP contribution in [0.15, 0.2) is 0 Å². The number of rotatable bonds is 0. The Hall–Kier alpha value is 2.54. The van der Waals surface area contributed by atoms with Gasteiger partial charge in [-0.2, -0.15) is 0 Å². The maximum absolute atomic E-state index is 0. The molecular formula is HfSiTaTi. The molecule has 0 nitrogen and oxygen atoms in total. The van der Waals surface area contributed by atoms with Crippen molar-refractivity contribution in [2.45, 2.75) is 0 Å². The molecule has 0 aromatic rings. The molecule has 0 fully saturated rings. The zero-order valence-electron chi connectivity index (χ0n) is 1.95. The maximum atomic E-state index is 0. The van der Waals surface area contributed by atoms with Crippen LogP contribution >= 0.6 is 0 Å². The van der Waals surface area contributed by atoms with Crippen molar-refractivity contribution >= 4 is 11.0 Å². The molecule has 17 valence electrons. The Morgan fingerprint density at radius 2 is 1.00 bits per heavy atom. The monoisotopic (exact) mass is 437 g/mol. The van der Waals surface area contributed by atoms with Crippen LogP contribution in [0.4, 0.5) is 0 Å². The van der Waals surface area contributed by atoms with Gasteiger partial charge in [-0.05, 0) is 0 Å². The van der Waals surface area contributed by atoms with E-state index in [1.165, 1.54) is 0 Å². The molecule has 0 aliphatic carbocycles. The number of hydrogen-bond acceptors (Lipinski definition) is 0. The Morgan fingerprint density at radius 3 is 1.00 bits per heavy atom. The second-order valence-electron chi connectivity index (χ2n) is 0. The average molecular weight is 435 g/mol. The Balaban J connectivity index is 0. The van der Waals surface area contributed by atoms with Gasteiger partial charge in [0.05, 0.1) is 0 Å². The molecule has 0 bridgehead atoms. The molecule has 0 aliphatic rings. The minimum atomic E-state index is 0. The Bertz CT molecular complexity index is 8.00. The van der Waals surface area contributed by atoms with Crippen molar-refractivity contribution in [3.63, 3.8) is 0 Å². The van der Waals surface area contributed by atoms with Crippen LogP contribution in [-0.2, 0) is 69.9 Å². The van der Waals surface area contributed by atoms with E-state index in [4.69, 9.17) is 0 Å². The predicted octanol–water partition coefficient (Wildman–Crippen LogP) is -0.388. The van der Waals surface area contributed by atoms with Gasteiger partial charge in [0, 0.05) is 80.9 Å². The molecule has 0 saturated carbocycles. The molecule has 0 amide bonds. The Morgan fingerprint density at radius 1 is 1.00 bits per heavy atom. The fraction of sp³-hybridized carbons (Fsp3) is 0. The van der Waals surface area contributed by atoms with E-state index in [-0.39, 0.29) is 80.9 Å². The van der Waals surface area contributed by atoms with Crippen LogP contribution < -0.4 is 0 Å². The van der Waals surface area contributed by atoms with Crippen LogP contribution in [0.3, 0.4) is 0 Å². The minimum Gasteiger partial charge on any atom is 0 e. The standard InChI is InChI=1S/Hf.Si.Ta.Ti. The van der Waals surface area contributed by atoms with E-state index < -0.39 is 0 Å². The molecule has 0 rings (SSSR count). The van der Waals surface area contributed by atoms with Crippen LogP contribution in [0.1, 0.15) is 0 Å². The van der Waals surface area contributed by atoms with Crippen LogP contribution in [0.5, 0.6) is 0 Å². The van der Waals surface area contributed by atoms with Gasteiger partial charge < -0.3 is 0 Å². The normalized spacial score (nSPS) is 0. The molecule has 0 aliphatic heterocycles. The molecule has 0 atom stereocenters. The third kappa shape index (κ3) is 8.82. The molecule has 0 heterocycles. The van der Waals surface area contributed by atoms with Gasteiger partial charge in [0.2, 0.25) is 0 Å². The van der Waals surface area contributed by atoms with E-state index in [2.05, 4.69) is 0 Å². The molecule has 0 saturated heterocycles. The summed E-state index contributed by atoms with van der Waals surface area (Å²) < 4.78 is 0. The van der Waals surface area contributed by atoms with Crippen LogP contribution in [0.2, 0.25) is 0 Å². The third-order valence-corrected chi connectivity index (χ3v) is 0. The molecule has 4 heteroatoms. The summed E-state index contributed by atoms with van der Waals surface area (Å²) in [7, 11) is 0. The average Bonchev–Trinajstić information content (AvgIpc) is 0. The van der Waals surface area contributed by atoms with E-state index in [1.807, 2.05) is 0 Å². The second kappa shape index (κ2) is 17.7. The summed E-state index contributed by atoms with van der Waals surface area (Å²) in [6.07, 6.45) is 0. The van der Waals surface area contributed by atoms with Gasteiger partial charge in [-0.15, -0.1) is 0 Å². The van der Waals surface area contributed by atoms with Crippen molar-refractivity contribution in [1.82, 2.24) is 0 Å². The molecule has 0 unspecified atom stereocenters. The van der Waals surface area contributed by atoms with Crippen molar-refractivity contribution in [1.29, 1.82) is 0 Å². The van der Waals surface area contributed by atoms with Crippen molar-refractivity contribution < 1.29 is 69.9 Å². The van der Waals surface area contributed by atoms with E-state index in [9.17, 15) is 0 Å². The van der Waals surface area contributed by atoms with Gasteiger partial charge in [0.15, 0.2) is 0 Å². The van der Waals surface area contributed by atoms with Crippen molar-refractivity contribution in [2.75, 3.05) is 0 Å². The molecule has 0 N–H and O–H groups in total. The number of hydrogen-bond donors (Lipinski definition) is 0.